The van der Waals surface area contributed by atoms with Crippen molar-refractivity contribution in [2.75, 3.05) is 18.4 Å². The van der Waals surface area contributed by atoms with Crippen molar-refractivity contribution in [2.24, 2.45) is 5.92 Å². The monoisotopic (exact) mass is 398 g/mol. The molecular weight excluding hydrogens is 381 g/mol. The Balaban J connectivity index is 1.64. The molecule has 0 spiro atoms. The minimum Gasteiger partial charge on any atom is -0.326 e. The van der Waals surface area contributed by atoms with Crippen LogP contribution in [0.1, 0.15) is 12.8 Å². The topological polar surface area (TPSA) is 66.5 Å². The first-order chi connectivity index (χ1) is 12.8. The summed E-state index contributed by atoms with van der Waals surface area (Å²) in [6, 6.07) is 7.81. The Morgan fingerprint density at radius 3 is 2.19 bits per heavy atom. The number of hydrogen-bond donors (Lipinski definition) is 1. The number of piperidine rings is 1. The van der Waals surface area contributed by atoms with Crippen LogP contribution in [-0.4, -0.2) is 31.7 Å². The summed E-state index contributed by atoms with van der Waals surface area (Å²) in [6.07, 6.45) is 0.439. The van der Waals surface area contributed by atoms with E-state index in [1.54, 1.807) is 0 Å². The molecular formula is C18H17F3N2O3S. The number of carbonyl (C=O) groups is 1. The van der Waals surface area contributed by atoms with E-state index in [1.807, 2.05) is 0 Å². The van der Waals surface area contributed by atoms with Gasteiger partial charge in [0.2, 0.25) is 15.9 Å². The summed E-state index contributed by atoms with van der Waals surface area (Å²) in [5.74, 6) is -3.40. The quantitative estimate of drug-likeness (QED) is 0.861. The molecule has 0 bridgehead atoms. The minimum atomic E-state index is -3.98. The molecule has 5 nitrogen and oxygen atoms in total. The first-order valence-electron chi connectivity index (χ1n) is 8.29. The van der Waals surface area contributed by atoms with E-state index in [1.165, 1.54) is 18.2 Å². The van der Waals surface area contributed by atoms with E-state index in [9.17, 15) is 26.4 Å². The Bertz CT molecular complexity index is 938. The maximum absolute atomic E-state index is 13.8. The highest BCUT2D eigenvalue weighted by Gasteiger charge is 2.33. The van der Waals surface area contributed by atoms with E-state index in [2.05, 4.69) is 5.32 Å². The average Bonchev–Trinajstić information content (AvgIpc) is 2.61. The summed E-state index contributed by atoms with van der Waals surface area (Å²) in [6.45, 7) is 0.0958. The molecule has 1 heterocycles. The number of hydrogen-bond acceptors (Lipinski definition) is 3. The predicted molar refractivity (Wildman–Crippen MR) is 92.9 cm³/mol. The molecule has 3 rings (SSSR count). The van der Waals surface area contributed by atoms with E-state index in [4.69, 9.17) is 0 Å². The molecule has 2 aromatic rings. The van der Waals surface area contributed by atoms with Crippen LogP contribution in [0.4, 0.5) is 18.9 Å². The van der Waals surface area contributed by atoms with Gasteiger partial charge >= 0.3 is 0 Å². The van der Waals surface area contributed by atoms with Gasteiger partial charge in [0.25, 0.3) is 0 Å². The molecule has 1 aliphatic rings. The van der Waals surface area contributed by atoms with Gasteiger partial charge in [-0.25, -0.2) is 21.6 Å². The largest absolute Gasteiger partial charge is 0.326 e. The standard InChI is InChI=1S/C18H17F3N2O3S/c19-13-9-14(20)11-15(10-13)22-18(24)12-5-7-23(8-6-12)27(25,26)17-4-2-1-3-16(17)21/h1-4,9-12H,5-8H2,(H,22,24). The fraction of sp³-hybridized carbons (Fsp3) is 0.278. The van der Waals surface area contributed by atoms with Crippen molar-refractivity contribution in [1.29, 1.82) is 0 Å². The first kappa shape index (κ1) is 19.4. The van der Waals surface area contributed by atoms with E-state index >= 15 is 0 Å². The zero-order chi connectivity index (χ0) is 19.6. The Labute approximate surface area is 154 Å². The summed E-state index contributed by atoms with van der Waals surface area (Å²) < 4.78 is 66.5. The van der Waals surface area contributed by atoms with Crippen LogP contribution < -0.4 is 5.32 Å². The van der Waals surface area contributed by atoms with Crippen molar-refractivity contribution < 1.29 is 26.4 Å². The molecule has 1 fully saturated rings. The van der Waals surface area contributed by atoms with Crippen LogP contribution in [0.25, 0.3) is 0 Å². The molecule has 1 N–H and O–H groups in total. The molecule has 27 heavy (non-hydrogen) atoms. The number of carbonyl (C=O) groups excluding carboxylic acids is 1. The number of halogens is 3. The molecule has 1 amide bonds. The van der Waals surface area contributed by atoms with Crippen molar-refractivity contribution in [3.63, 3.8) is 0 Å². The third kappa shape index (κ3) is 4.30. The van der Waals surface area contributed by atoms with E-state index in [0.29, 0.717) is 6.07 Å². The smallest absolute Gasteiger partial charge is 0.245 e. The van der Waals surface area contributed by atoms with Gasteiger partial charge in [-0.3, -0.25) is 4.79 Å². The molecule has 2 aromatic carbocycles. The van der Waals surface area contributed by atoms with Gasteiger partial charge in [0.15, 0.2) is 0 Å². The molecule has 0 unspecified atom stereocenters. The lowest BCUT2D eigenvalue weighted by Gasteiger charge is -2.30. The third-order valence-corrected chi connectivity index (χ3v) is 6.34. The molecule has 0 radical (unpaired) electrons. The summed E-state index contributed by atoms with van der Waals surface area (Å²) in [5, 5.41) is 2.44. The fourth-order valence-corrected chi connectivity index (χ4v) is 4.56. The van der Waals surface area contributed by atoms with Gasteiger partial charge in [0.05, 0.1) is 0 Å². The van der Waals surface area contributed by atoms with Gasteiger partial charge in [0, 0.05) is 30.8 Å². The van der Waals surface area contributed by atoms with Crippen LogP contribution in [0.2, 0.25) is 0 Å². The van der Waals surface area contributed by atoms with Gasteiger partial charge in [-0.15, -0.1) is 0 Å². The van der Waals surface area contributed by atoms with Gasteiger partial charge < -0.3 is 5.32 Å². The molecule has 144 valence electrons. The number of nitrogens with zero attached hydrogens (tertiary/aromatic N) is 1. The van der Waals surface area contributed by atoms with Crippen LogP contribution in [0.3, 0.4) is 0 Å². The van der Waals surface area contributed by atoms with Gasteiger partial charge in [0.1, 0.15) is 22.3 Å². The molecule has 9 heteroatoms. The van der Waals surface area contributed by atoms with Gasteiger partial charge in [-0.1, -0.05) is 12.1 Å². The van der Waals surface area contributed by atoms with Crippen molar-refractivity contribution in [3.05, 3.63) is 59.9 Å². The average molecular weight is 398 g/mol. The Kier molecular flexibility index (Phi) is 5.52. The number of nitrogens with one attached hydrogen (secondary N) is 1. The SMILES string of the molecule is O=C(Nc1cc(F)cc(F)c1)C1CCN(S(=O)(=O)c2ccccc2F)CC1. The summed E-state index contributed by atoms with van der Waals surface area (Å²) in [4.78, 5) is 11.9. The Morgan fingerprint density at radius 2 is 1.59 bits per heavy atom. The summed E-state index contributed by atoms with van der Waals surface area (Å²) in [7, 11) is -3.98. The molecule has 0 atom stereocenters. The maximum atomic E-state index is 13.8. The lowest BCUT2D eigenvalue weighted by atomic mass is 9.97. The van der Waals surface area contributed by atoms with Gasteiger partial charge in [-0.05, 0) is 37.1 Å². The lowest BCUT2D eigenvalue weighted by molar-refractivity contribution is -0.120. The molecule has 0 aliphatic carbocycles. The van der Waals surface area contributed by atoms with Crippen LogP contribution in [0, 0.1) is 23.4 Å². The molecule has 0 saturated carbocycles. The molecule has 0 aromatic heterocycles. The number of sulfonamides is 1. The summed E-state index contributed by atoms with van der Waals surface area (Å²) >= 11 is 0. The second-order valence-corrected chi connectivity index (χ2v) is 8.16. The van der Waals surface area contributed by atoms with Crippen LogP contribution in [0.15, 0.2) is 47.4 Å². The zero-order valence-electron chi connectivity index (χ0n) is 14.2. The number of benzene rings is 2. The number of rotatable bonds is 4. The van der Waals surface area contributed by atoms with Gasteiger partial charge in [-0.2, -0.15) is 4.31 Å². The van der Waals surface area contributed by atoms with E-state index in [0.717, 1.165) is 22.5 Å². The molecule has 1 aliphatic heterocycles. The third-order valence-electron chi connectivity index (χ3n) is 4.41. The van der Waals surface area contributed by atoms with Crippen molar-refractivity contribution in [2.45, 2.75) is 17.7 Å². The van der Waals surface area contributed by atoms with Crippen molar-refractivity contribution in [3.8, 4) is 0 Å². The first-order valence-corrected chi connectivity index (χ1v) is 9.73. The number of anilines is 1. The molecule has 1 saturated heterocycles. The second-order valence-electron chi connectivity index (χ2n) is 6.26. The van der Waals surface area contributed by atoms with Crippen LogP contribution >= 0.6 is 0 Å². The van der Waals surface area contributed by atoms with Crippen molar-refractivity contribution >= 4 is 21.6 Å². The highest BCUT2D eigenvalue weighted by molar-refractivity contribution is 7.89. The van der Waals surface area contributed by atoms with E-state index in [-0.39, 0.29) is 31.6 Å². The van der Waals surface area contributed by atoms with Crippen molar-refractivity contribution in [1.82, 2.24) is 4.31 Å². The maximum Gasteiger partial charge on any atom is 0.245 e. The fourth-order valence-electron chi connectivity index (χ4n) is 3.02. The van der Waals surface area contributed by atoms with E-state index < -0.39 is 44.2 Å². The van der Waals surface area contributed by atoms with Crippen LogP contribution in [0.5, 0.6) is 0 Å². The number of amides is 1. The highest BCUT2D eigenvalue weighted by Crippen LogP contribution is 2.26. The minimum absolute atomic E-state index is 0.00101. The Morgan fingerprint density at radius 1 is 1.00 bits per heavy atom. The van der Waals surface area contributed by atoms with Crippen LogP contribution in [-0.2, 0) is 14.8 Å². The Hall–Kier alpha value is -2.39. The second kappa shape index (κ2) is 7.69. The predicted octanol–water partition coefficient (Wildman–Crippen LogP) is 3.14. The summed E-state index contributed by atoms with van der Waals surface area (Å²) in [5.41, 5.74) is -0.00101. The lowest BCUT2D eigenvalue weighted by Crippen LogP contribution is -2.41. The zero-order valence-corrected chi connectivity index (χ0v) is 15.0. The normalized spacial score (nSPS) is 16.3. The highest BCUT2D eigenvalue weighted by atomic mass is 32.2.